The second kappa shape index (κ2) is 5.26. The lowest BCUT2D eigenvalue weighted by atomic mass is 9.85. The first-order chi connectivity index (χ1) is 9.27. The summed E-state index contributed by atoms with van der Waals surface area (Å²) < 4.78 is 17.4. The third-order valence-corrected chi connectivity index (χ3v) is 4.19. The van der Waals surface area contributed by atoms with Gasteiger partial charge in [-0.15, -0.1) is 0 Å². The number of hydrogen-bond donors (Lipinski definition) is 0. The van der Waals surface area contributed by atoms with Gasteiger partial charge in [0.15, 0.2) is 0 Å². The zero-order valence-electron chi connectivity index (χ0n) is 13.2. The van der Waals surface area contributed by atoms with Gasteiger partial charge in [0, 0.05) is 5.56 Å². The van der Waals surface area contributed by atoms with Crippen molar-refractivity contribution in [2.45, 2.75) is 45.8 Å². The molecule has 1 aliphatic heterocycles. The molecule has 0 unspecified atom stereocenters. The van der Waals surface area contributed by atoms with Crippen molar-refractivity contribution in [3.05, 3.63) is 35.8 Å². The van der Waals surface area contributed by atoms with Crippen LogP contribution in [0, 0.1) is 0 Å². The lowest BCUT2D eigenvalue weighted by molar-refractivity contribution is 0.00578. The molecule has 1 aliphatic rings. The van der Waals surface area contributed by atoms with Gasteiger partial charge in [0.1, 0.15) is 5.75 Å². The Balaban J connectivity index is 2.24. The fraction of sp³-hybridized carbons (Fsp3) is 0.500. The van der Waals surface area contributed by atoms with Gasteiger partial charge < -0.3 is 14.0 Å². The standard InChI is InChI=1S/C16H23BO3/c1-12(13-9-7-8-10-14(13)18-6)11-17-19-15(2,3)16(4,5)20-17/h7-11H,1-6H3/b12-11+. The largest absolute Gasteiger partial charge is 0.496 e. The Bertz CT molecular complexity index is 504. The van der Waals surface area contributed by atoms with Crippen LogP contribution in [0.25, 0.3) is 5.57 Å². The number of rotatable bonds is 3. The molecule has 0 spiro atoms. The molecule has 3 nitrogen and oxygen atoms in total. The summed E-state index contributed by atoms with van der Waals surface area (Å²) in [7, 11) is 1.35. The highest BCUT2D eigenvalue weighted by molar-refractivity contribution is 6.53. The Kier molecular flexibility index (Phi) is 3.98. The Morgan fingerprint density at radius 2 is 1.65 bits per heavy atom. The molecule has 1 aromatic rings. The smallest absolute Gasteiger partial charge is 0.487 e. The quantitative estimate of drug-likeness (QED) is 0.786. The molecule has 2 rings (SSSR count). The molecular formula is C16H23BO3. The molecule has 1 saturated heterocycles. The molecule has 0 aliphatic carbocycles. The highest BCUT2D eigenvalue weighted by Gasteiger charge is 2.50. The van der Waals surface area contributed by atoms with E-state index in [1.54, 1.807) is 7.11 Å². The summed E-state index contributed by atoms with van der Waals surface area (Å²) in [4.78, 5) is 0. The van der Waals surface area contributed by atoms with E-state index < -0.39 is 0 Å². The molecule has 0 N–H and O–H groups in total. The van der Waals surface area contributed by atoms with Crippen LogP contribution in [0.15, 0.2) is 30.2 Å². The van der Waals surface area contributed by atoms with Gasteiger partial charge in [-0.25, -0.2) is 0 Å². The van der Waals surface area contributed by atoms with Crippen molar-refractivity contribution >= 4 is 12.7 Å². The van der Waals surface area contributed by atoms with E-state index in [2.05, 4.69) is 27.7 Å². The molecule has 108 valence electrons. The van der Waals surface area contributed by atoms with E-state index in [4.69, 9.17) is 14.0 Å². The zero-order chi connectivity index (χ0) is 15.0. The van der Waals surface area contributed by atoms with Gasteiger partial charge in [-0.2, -0.15) is 0 Å². The fourth-order valence-corrected chi connectivity index (χ4v) is 2.22. The van der Waals surface area contributed by atoms with Crippen LogP contribution in [0.1, 0.15) is 40.2 Å². The van der Waals surface area contributed by atoms with Crippen LogP contribution in [0.5, 0.6) is 5.75 Å². The Morgan fingerprint density at radius 1 is 1.10 bits per heavy atom. The molecule has 0 amide bonds. The molecular weight excluding hydrogens is 251 g/mol. The first kappa shape index (κ1) is 15.1. The molecule has 0 saturated carbocycles. The molecule has 1 heterocycles. The highest BCUT2D eigenvalue weighted by atomic mass is 16.7. The first-order valence-electron chi connectivity index (χ1n) is 6.94. The average Bonchev–Trinajstić information content (AvgIpc) is 2.57. The summed E-state index contributed by atoms with van der Waals surface area (Å²) in [5.41, 5.74) is 1.52. The average molecular weight is 274 g/mol. The van der Waals surface area contributed by atoms with E-state index in [1.807, 2.05) is 37.2 Å². The molecule has 0 atom stereocenters. The molecule has 1 aromatic carbocycles. The van der Waals surface area contributed by atoms with E-state index in [9.17, 15) is 0 Å². The van der Waals surface area contributed by atoms with Crippen molar-refractivity contribution in [3.8, 4) is 5.75 Å². The maximum absolute atomic E-state index is 5.99. The monoisotopic (exact) mass is 274 g/mol. The van der Waals surface area contributed by atoms with Crippen molar-refractivity contribution < 1.29 is 14.0 Å². The minimum Gasteiger partial charge on any atom is -0.496 e. The van der Waals surface area contributed by atoms with E-state index in [0.717, 1.165) is 16.9 Å². The number of ether oxygens (including phenoxy) is 1. The summed E-state index contributed by atoms with van der Waals surface area (Å²) in [6.07, 6.45) is 0. The number of hydrogen-bond acceptors (Lipinski definition) is 3. The Hall–Kier alpha value is -1.26. The summed E-state index contributed by atoms with van der Waals surface area (Å²) in [5, 5.41) is 0. The molecule has 0 radical (unpaired) electrons. The van der Waals surface area contributed by atoms with E-state index in [0.29, 0.717) is 0 Å². The number of benzene rings is 1. The van der Waals surface area contributed by atoms with E-state index in [-0.39, 0.29) is 18.3 Å². The van der Waals surface area contributed by atoms with Crippen LogP contribution in [0.4, 0.5) is 0 Å². The van der Waals surface area contributed by atoms with Crippen LogP contribution in [-0.4, -0.2) is 25.4 Å². The van der Waals surface area contributed by atoms with Crippen LogP contribution in [0.2, 0.25) is 0 Å². The predicted molar refractivity (Wildman–Crippen MR) is 82.7 cm³/mol. The summed E-state index contributed by atoms with van der Waals surface area (Å²) >= 11 is 0. The van der Waals surface area contributed by atoms with Gasteiger partial charge in [-0.1, -0.05) is 24.2 Å². The van der Waals surface area contributed by atoms with Crippen molar-refractivity contribution in [2.24, 2.45) is 0 Å². The topological polar surface area (TPSA) is 27.7 Å². The first-order valence-corrected chi connectivity index (χ1v) is 6.94. The Morgan fingerprint density at radius 3 is 2.20 bits per heavy atom. The van der Waals surface area contributed by atoms with Gasteiger partial charge in [0.05, 0.1) is 18.3 Å². The third kappa shape index (κ3) is 2.77. The minimum absolute atomic E-state index is 0.310. The molecule has 1 fully saturated rings. The van der Waals surface area contributed by atoms with Crippen molar-refractivity contribution in [2.75, 3.05) is 7.11 Å². The van der Waals surface area contributed by atoms with Gasteiger partial charge in [0.2, 0.25) is 0 Å². The van der Waals surface area contributed by atoms with Gasteiger partial charge in [0.25, 0.3) is 0 Å². The van der Waals surface area contributed by atoms with E-state index >= 15 is 0 Å². The van der Waals surface area contributed by atoms with Crippen LogP contribution in [0.3, 0.4) is 0 Å². The minimum atomic E-state index is -0.329. The third-order valence-electron chi connectivity index (χ3n) is 4.19. The van der Waals surface area contributed by atoms with Gasteiger partial charge >= 0.3 is 7.12 Å². The van der Waals surface area contributed by atoms with Crippen LogP contribution in [-0.2, 0) is 9.31 Å². The number of para-hydroxylation sites is 1. The maximum Gasteiger partial charge on any atom is 0.487 e. The highest BCUT2D eigenvalue weighted by Crippen LogP contribution is 2.38. The fourth-order valence-electron chi connectivity index (χ4n) is 2.22. The zero-order valence-corrected chi connectivity index (χ0v) is 13.2. The SMILES string of the molecule is COc1ccccc1/C(C)=C/B1OC(C)(C)C(C)(C)O1. The van der Waals surface area contributed by atoms with Crippen molar-refractivity contribution in [1.82, 2.24) is 0 Å². The Labute approximate surface area is 122 Å². The second-order valence-electron chi connectivity index (χ2n) is 6.17. The molecule has 4 heteroatoms. The summed E-state index contributed by atoms with van der Waals surface area (Å²) in [6, 6.07) is 7.96. The second-order valence-corrected chi connectivity index (χ2v) is 6.17. The number of allylic oxidation sites excluding steroid dienone is 1. The van der Waals surface area contributed by atoms with Crippen LogP contribution >= 0.6 is 0 Å². The normalized spacial score (nSPS) is 21.1. The molecule has 0 bridgehead atoms. The van der Waals surface area contributed by atoms with Crippen molar-refractivity contribution in [3.63, 3.8) is 0 Å². The lowest BCUT2D eigenvalue weighted by Gasteiger charge is -2.32. The molecule has 0 aromatic heterocycles. The van der Waals surface area contributed by atoms with Gasteiger partial charge in [-0.05, 0) is 46.3 Å². The van der Waals surface area contributed by atoms with Crippen LogP contribution < -0.4 is 4.74 Å². The summed E-state index contributed by atoms with van der Waals surface area (Å²) in [6.45, 7) is 10.3. The van der Waals surface area contributed by atoms with Gasteiger partial charge in [-0.3, -0.25) is 0 Å². The lowest BCUT2D eigenvalue weighted by Crippen LogP contribution is -2.41. The summed E-state index contributed by atoms with van der Waals surface area (Å²) in [5.74, 6) is 2.87. The maximum atomic E-state index is 5.99. The predicted octanol–water partition coefficient (Wildman–Crippen LogP) is 3.73. The number of methoxy groups -OCH3 is 1. The van der Waals surface area contributed by atoms with E-state index in [1.165, 1.54) is 0 Å². The van der Waals surface area contributed by atoms with Crippen molar-refractivity contribution in [1.29, 1.82) is 0 Å². The molecule has 20 heavy (non-hydrogen) atoms.